The molecule has 0 radical (unpaired) electrons. The number of nitrogens with one attached hydrogen (secondary N) is 1. The summed E-state index contributed by atoms with van der Waals surface area (Å²) < 4.78 is 8.13. The Labute approximate surface area is 159 Å². The summed E-state index contributed by atoms with van der Waals surface area (Å²) in [6.45, 7) is 3.98. The van der Waals surface area contributed by atoms with E-state index in [2.05, 4.69) is 28.9 Å². The summed E-state index contributed by atoms with van der Waals surface area (Å²) in [6, 6.07) is 16.2. The third kappa shape index (κ3) is 4.30. The van der Waals surface area contributed by atoms with E-state index in [9.17, 15) is 4.79 Å². The Hall–Kier alpha value is -2.82. The summed E-state index contributed by atoms with van der Waals surface area (Å²) in [7, 11) is 0. The van der Waals surface area contributed by atoms with Gasteiger partial charge in [-0.1, -0.05) is 24.3 Å². The fraction of sp³-hybridized carbons (Fsp3) is 0.364. The van der Waals surface area contributed by atoms with Crippen molar-refractivity contribution in [2.24, 2.45) is 5.92 Å². The van der Waals surface area contributed by atoms with Crippen molar-refractivity contribution in [1.82, 2.24) is 14.9 Å². The van der Waals surface area contributed by atoms with E-state index in [0.29, 0.717) is 13.2 Å². The number of carbonyl (C=O) groups is 1. The number of fused-ring (bicyclic) bond motifs is 1. The summed E-state index contributed by atoms with van der Waals surface area (Å²) in [5, 5.41) is 3.03. The second-order valence-corrected chi connectivity index (χ2v) is 7.15. The topological polar surface area (TPSA) is 56.1 Å². The number of hydrogen-bond acceptors (Lipinski definition) is 3. The van der Waals surface area contributed by atoms with Crippen molar-refractivity contribution in [1.29, 1.82) is 0 Å². The standard InChI is InChI=1S/C22H25N3O2/c1-16-5-4-6-18(15-16)27-14-13-25-20-8-3-2-7-19(20)24-21(25)11-12-23-22(26)17-9-10-17/h2-8,15,17H,9-14H2,1H3,(H,23,26). The molecule has 27 heavy (non-hydrogen) atoms. The Morgan fingerprint density at radius 3 is 2.89 bits per heavy atom. The number of aromatic nitrogens is 2. The minimum absolute atomic E-state index is 0.181. The molecule has 5 nitrogen and oxygen atoms in total. The molecule has 1 saturated carbocycles. The summed E-state index contributed by atoms with van der Waals surface area (Å²) in [4.78, 5) is 16.6. The van der Waals surface area contributed by atoms with E-state index in [-0.39, 0.29) is 11.8 Å². The minimum atomic E-state index is 0.181. The van der Waals surface area contributed by atoms with Crippen LogP contribution in [0.25, 0.3) is 11.0 Å². The molecule has 0 bridgehead atoms. The van der Waals surface area contributed by atoms with E-state index in [1.54, 1.807) is 0 Å². The highest BCUT2D eigenvalue weighted by Gasteiger charge is 2.29. The zero-order chi connectivity index (χ0) is 18.6. The highest BCUT2D eigenvalue weighted by atomic mass is 16.5. The van der Waals surface area contributed by atoms with E-state index in [1.165, 1.54) is 5.56 Å². The molecule has 140 valence electrons. The molecule has 1 fully saturated rings. The van der Waals surface area contributed by atoms with Crippen LogP contribution in [0.3, 0.4) is 0 Å². The maximum Gasteiger partial charge on any atom is 0.223 e. The number of rotatable bonds is 8. The molecule has 2 aromatic carbocycles. The minimum Gasteiger partial charge on any atom is -0.492 e. The Kier molecular flexibility index (Phi) is 5.10. The summed E-state index contributed by atoms with van der Waals surface area (Å²) in [5.74, 6) is 2.30. The van der Waals surface area contributed by atoms with Gasteiger partial charge >= 0.3 is 0 Å². The van der Waals surface area contributed by atoms with Crippen LogP contribution in [0.5, 0.6) is 5.75 Å². The monoisotopic (exact) mass is 363 g/mol. The third-order valence-corrected chi connectivity index (χ3v) is 4.90. The van der Waals surface area contributed by atoms with Crippen LogP contribution in [-0.4, -0.2) is 28.6 Å². The third-order valence-electron chi connectivity index (χ3n) is 4.90. The van der Waals surface area contributed by atoms with Crippen LogP contribution in [0.2, 0.25) is 0 Å². The van der Waals surface area contributed by atoms with Crippen molar-refractivity contribution in [2.45, 2.75) is 32.7 Å². The van der Waals surface area contributed by atoms with E-state index in [0.717, 1.165) is 48.4 Å². The predicted octanol–water partition coefficient (Wildman–Crippen LogP) is 3.49. The van der Waals surface area contributed by atoms with Crippen LogP contribution in [0.1, 0.15) is 24.2 Å². The number of para-hydroxylation sites is 2. The normalized spacial score (nSPS) is 13.7. The number of benzene rings is 2. The van der Waals surface area contributed by atoms with Crippen molar-refractivity contribution in [3.63, 3.8) is 0 Å². The first-order chi connectivity index (χ1) is 13.2. The number of carbonyl (C=O) groups excluding carboxylic acids is 1. The number of nitrogens with zero attached hydrogens (tertiary/aromatic N) is 2. The SMILES string of the molecule is Cc1cccc(OCCn2c(CCNC(=O)C3CC3)nc3ccccc32)c1. The van der Waals surface area contributed by atoms with Gasteiger partial charge in [0.15, 0.2) is 0 Å². The molecular weight excluding hydrogens is 338 g/mol. The van der Waals surface area contributed by atoms with Crippen LogP contribution in [0, 0.1) is 12.8 Å². The van der Waals surface area contributed by atoms with E-state index in [1.807, 2.05) is 36.4 Å². The average molecular weight is 363 g/mol. The number of aryl methyl sites for hydroxylation is 1. The first kappa shape index (κ1) is 17.6. The van der Waals surface area contributed by atoms with Gasteiger partial charge in [-0.05, 0) is 49.6 Å². The second-order valence-electron chi connectivity index (χ2n) is 7.15. The zero-order valence-electron chi connectivity index (χ0n) is 15.6. The lowest BCUT2D eigenvalue weighted by Crippen LogP contribution is -2.27. The molecule has 1 aromatic heterocycles. The number of ether oxygens (including phenoxy) is 1. The Morgan fingerprint density at radius 2 is 2.07 bits per heavy atom. The Bertz CT molecular complexity index is 944. The van der Waals surface area contributed by atoms with Crippen LogP contribution < -0.4 is 10.1 Å². The largest absolute Gasteiger partial charge is 0.492 e. The molecule has 0 aliphatic heterocycles. The average Bonchev–Trinajstić information content (AvgIpc) is 3.46. The quantitative estimate of drug-likeness (QED) is 0.666. The first-order valence-electron chi connectivity index (χ1n) is 9.62. The summed E-state index contributed by atoms with van der Waals surface area (Å²) in [5.41, 5.74) is 3.28. The number of imidazole rings is 1. The molecule has 1 N–H and O–H groups in total. The molecule has 4 rings (SSSR count). The van der Waals surface area contributed by atoms with E-state index < -0.39 is 0 Å². The molecule has 1 aliphatic carbocycles. The molecule has 5 heteroatoms. The van der Waals surface area contributed by atoms with Gasteiger partial charge in [0.05, 0.1) is 17.6 Å². The predicted molar refractivity (Wildman–Crippen MR) is 106 cm³/mol. The molecule has 0 atom stereocenters. The van der Waals surface area contributed by atoms with Gasteiger partial charge in [0, 0.05) is 18.9 Å². The molecule has 0 unspecified atom stereocenters. The van der Waals surface area contributed by atoms with Crippen molar-refractivity contribution >= 4 is 16.9 Å². The van der Waals surface area contributed by atoms with Gasteiger partial charge in [-0.25, -0.2) is 4.98 Å². The van der Waals surface area contributed by atoms with Crippen LogP contribution in [0.4, 0.5) is 0 Å². The fourth-order valence-corrected chi connectivity index (χ4v) is 3.31. The highest BCUT2D eigenvalue weighted by molar-refractivity contribution is 5.80. The molecule has 1 aliphatic rings. The van der Waals surface area contributed by atoms with Gasteiger partial charge in [0.2, 0.25) is 5.91 Å². The van der Waals surface area contributed by atoms with Gasteiger partial charge in [-0.3, -0.25) is 4.79 Å². The molecule has 3 aromatic rings. The lowest BCUT2D eigenvalue weighted by atomic mass is 10.2. The zero-order valence-corrected chi connectivity index (χ0v) is 15.6. The van der Waals surface area contributed by atoms with Crippen molar-refractivity contribution < 1.29 is 9.53 Å². The summed E-state index contributed by atoms with van der Waals surface area (Å²) in [6.07, 6.45) is 2.78. The van der Waals surface area contributed by atoms with Gasteiger partial charge in [0.1, 0.15) is 18.2 Å². The van der Waals surface area contributed by atoms with Crippen molar-refractivity contribution in [2.75, 3.05) is 13.2 Å². The van der Waals surface area contributed by atoms with Crippen LogP contribution >= 0.6 is 0 Å². The summed E-state index contributed by atoms with van der Waals surface area (Å²) >= 11 is 0. The smallest absolute Gasteiger partial charge is 0.223 e. The van der Waals surface area contributed by atoms with Crippen molar-refractivity contribution in [3.05, 3.63) is 59.9 Å². The van der Waals surface area contributed by atoms with Gasteiger partial charge in [-0.2, -0.15) is 0 Å². The second kappa shape index (κ2) is 7.82. The number of amides is 1. The Morgan fingerprint density at radius 1 is 1.22 bits per heavy atom. The maximum atomic E-state index is 11.9. The molecule has 1 heterocycles. The maximum absolute atomic E-state index is 11.9. The van der Waals surface area contributed by atoms with Gasteiger partial charge in [-0.15, -0.1) is 0 Å². The number of hydrogen-bond donors (Lipinski definition) is 1. The highest BCUT2D eigenvalue weighted by Crippen LogP contribution is 2.28. The molecule has 0 spiro atoms. The van der Waals surface area contributed by atoms with E-state index in [4.69, 9.17) is 9.72 Å². The molecule has 0 saturated heterocycles. The van der Waals surface area contributed by atoms with Crippen LogP contribution in [0.15, 0.2) is 48.5 Å². The first-order valence-corrected chi connectivity index (χ1v) is 9.62. The van der Waals surface area contributed by atoms with Gasteiger partial charge < -0.3 is 14.6 Å². The van der Waals surface area contributed by atoms with E-state index >= 15 is 0 Å². The lowest BCUT2D eigenvalue weighted by Gasteiger charge is -2.11. The van der Waals surface area contributed by atoms with Crippen molar-refractivity contribution in [3.8, 4) is 5.75 Å². The van der Waals surface area contributed by atoms with Crippen LogP contribution in [-0.2, 0) is 17.8 Å². The molecule has 1 amide bonds. The Balaban J connectivity index is 1.43. The lowest BCUT2D eigenvalue weighted by molar-refractivity contribution is -0.122. The molecular formula is C22H25N3O2. The van der Waals surface area contributed by atoms with Gasteiger partial charge in [0.25, 0.3) is 0 Å². The fourth-order valence-electron chi connectivity index (χ4n) is 3.31.